The molecule has 96 valence electrons. The molecule has 1 unspecified atom stereocenters. The number of aromatic hydroxyl groups is 1. The molecule has 3 nitrogen and oxygen atoms in total. The molecule has 3 heteroatoms. The first-order chi connectivity index (χ1) is 9.29. The van der Waals surface area contributed by atoms with Crippen LogP contribution in [0.1, 0.15) is 17.0 Å². The summed E-state index contributed by atoms with van der Waals surface area (Å²) in [4.78, 5) is 3.27. The zero-order valence-corrected chi connectivity index (χ0v) is 10.5. The van der Waals surface area contributed by atoms with E-state index >= 15 is 0 Å². The van der Waals surface area contributed by atoms with Crippen molar-refractivity contribution in [1.29, 1.82) is 0 Å². The number of aromatic nitrogens is 1. The van der Waals surface area contributed by atoms with Gasteiger partial charge in [-0.2, -0.15) is 0 Å². The van der Waals surface area contributed by atoms with Gasteiger partial charge in [0.15, 0.2) is 0 Å². The van der Waals surface area contributed by atoms with Gasteiger partial charge in [-0.25, -0.2) is 0 Å². The Morgan fingerprint density at radius 1 is 1.11 bits per heavy atom. The normalized spacial score (nSPS) is 12.7. The number of nitrogens with two attached hydrogens (primary N) is 1. The van der Waals surface area contributed by atoms with Crippen LogP contribution in [0.3, 0.4) is 0 Å². The zero-order valence-electron chi connectivity index (χ0n) is 10.5. The average molecular weight is 252 g/mol. The maximum atomic E-state index is 9.62. The summed E-state index contributed by atoms with van der Waals surface area (Å²) < 4.78 is 0. The van der Waals surface area contributed by atoms with Crippen molar-refractivity contribution < 1.29 is 5.11 Å². The van der Waals surface area contributed by atoms with Crippen LogP contribution in [0.25, 0.3) is 10.9 Å². The summed E-state index contributed by atoms with van der Waals surface area (Å²) in [6.45, 7) is 0.505. The quantitative estimate of drug-likeness (QED) is 0.671. The fraction of sp³-hybridized carbons (Fsp3) is 0.125. The van der Waals surface area contributed by atoms with Crippen LogP contribution in [0.2, 0.25) is 0 Å². The highest BCUT2D eigenvalue weighted by Crippen LogP contribution is 2.31. The summed E-state index contributed by atoms with van der Waals surface area (Å²) in [5.74, 6) is 0.360. The van der Waals surface area contributed by atoms with Crippen molar-refractivity contribution in [3.63, 3.8) is 0 Å². The lowest BCUT2D eigenvalue weighted by Crippen LogP contribution is -2.13. The van der Waals surface area contributed by atoms with Crippen LogP contribution in [0.4, 0.5) is 0 Å². The predicted molar refractivity (Wildman–Crippen MR) is 77.3 cm³/mol. The standard InChI is InChI=1S/C16H16N2O/c17-9-14(11-4-3-5-12(19)8-11)15-10-18-16-7-2-1-6-13(15)16/h1-8,10,14,18-19H,9,17H2. The first-order valence-electron chi connectivity index (χ1n) is 6.34. The number of rotatable bonds is 3. The van der Waals surface area contributed by atoms with Crippen molar-refractivity contribution in [3.05, 3.63) is 65.9 Å². The van der Waals surface area contributed by atoms with Crippen molar-refractivity contribution in [2.45, 2.75) is 5.92 Å². The lowest BCUT2D eigenvalue weighted by atomic mass is 9.91. The number of para-hydroxylation sites is 1. The maximum Gasteiger partial charge on any atom is 0.115 e. The molecule has 1 aromatic heterocycles. The lowest BCUT2D eigenvalue weighted by Gasteiger charge is -2.15. The van der Waals surface area contributed by atoms with E-state index < -0.39 is 0 Å². The number of benzene rings is 2. The predicted octanol–water partition coefficient (Wildman–Crippen LogP) is 2.96. The van der Waals surface area contributed by atoms with Crippen molar-refractivity contribution in [2.24, 2.45) is 5.73 Å². The third-order valence-electron chi connectivity index (χ3n) is 3.50. The molecule has 0 bridgehead atoms. The van der Waals surface area contributed by atoms with E-state index in [-0.39, 0.29) is 11.7 Å². The van der Waals surface area contributed by atoms with Crippen molar-refractivity contribution in [1.82, 2.24) is 4.98 Å². The molecule has 0 saturated carbocycles. The molecule has 0 amide bonds. The Labute approximate surface area is 111 Å². The SMILES string of the molecule is NCC(c1cccc(O)c1)c1c[nH]c2ccccc12. The van der Waals surface area contributed by atoms with E-state index in [0.717, 1.165) is 11.1 Å². The minimum atomic E-state index is 0.0863. The van der Waals surface area contributed by atoms with Crippen molar-refractivity contribution in [2.75, 3.05) is 6.54 Å². The van der Waals surface area contributed by atoms with Gasteiger partial charge in [-0.3, -0.25) is 0 Å². The molecule has 0 aliphatic rings. The molecule has 2 aromatic carbocycles. The molecule has 3 rings (SSSR count). The molecule has 1 atom stereocenters. The lowest BCUT2D eigenvalue weighted by molar-refractivity contribution is 0.474. The van der Waals surface area contributed by atoms with Gasteiger partial charge < -0.3 is 15.8 Å². The highest BCUT2D eigenvalue weighted by Gasteiger charge is 2.16. The van der Waals surface area contributed by atoms with E-state index in [2.05, 4.69) is 17.1 Å². The number of fused-ring (bicyclic) bond motifs is 1. The second-order valence-electron chi connectivity index (χ2n) is 4.67. The number of hydrogen-bond donors (Lipinski definition) is 3. The summed E-state index contributed by atoms with van der Waals surface area (Å²) in [6, 6.07) is 15.5. The number of H-pyrrole nitrogens is 1. The van der Waals surface area contributed by atoms with Gasteiger partial charge in [0.2, 0.25) is 0 Å². The van der Waals surface area contributed by atoms with Gasteiger partial charge in [0.25, 0.3) is 0 Å². The van der Waals surface area contributed by atoms with Crippen LogP contribution in [-0.2, 0) is 0 Å². The summed E-state index contributed by atoms with van der Waals surface area (Å²) in [7, 11) is 0. The Hall–Kier alpha value is -2.26. The average Bonchev–Trinajstić information content (AvgIpc) is 2.84. The third-order valence-corrected chi connectivity index (χ3v) is 3.50. The van der Waals surface area contributed by atoms with Crippen LogP contribution < -0.4 is 5.73 Å². The van der Waals surface area contributed by atoms with E-state index in [1.807, 2.05) is 30.5 Å². The van der Waals surface area contributed by atoms with E-state index in [0.29, 0.717) is 6.54 Å². The van der Waals surface area contributed by atoms with Crippen LogP contribution in [0, 0.1) is 0 Å². The largest absolute Gasteiger partial charge is 0.508 e. The second kappa shape index (κ2) is 4.78. The van der Waals surface area contributed by atoms with Gasteiger partial charge in [0.05, 0.1) is 0 Å². The second-order valence-corrected chi connectivity index (χ2v) is 4.67. The van der Waals surface area contributed by atoms with Gasteiger partial charge in [-0.15, -0.1) is 0 Å². The summed E-state index contributed by atoms with van der Waals surface area (Å²) in [5, 5.41) is 10.8. The number of nitrogens with one attached hydrogen (secondary N) is 1. The van der Waals surface area contributed by atoms with E-state index in [1.54, 1.807) is 12.1 Å². The number of hydrogen-bond acceptors (Lipinski definition) is 2. The Kier molecular flexibility index (Phi) is 2.97. The minimum absolute atomic E-state index is 0.0863. The fourth-order valence-corrected chi connectivity index (χ4v) is 2.57. The topological polar surface area (TPSA) is 62.0 Å². The maximum absolute atomic E-state index is 9.62. The fourth-order valence-electron chi connectivity index (χ4n) is 2.57. The number of aromatic amines is 1. The first kappa shape index (κ1) is 11.8. The molecule has 19 heavy (non-hydrogen) atoms. The number of phenolic OH excluding ortho intramolecular Hbond substituents is 1. The molecule has 0 aliphatic carbocycles. The third kappa shape index (κ3) is 2.09. The Bertz CT molecular complexity index is 703. The van der Waals surface area contributed by atoms with Crippen LogP contribution >= 0.6 is 0 Å². The highest BCUT2D eigenvalue weighted by molar-refractivity contribution is 5.84. The summed E-state index contributed by atoms with van der Waals surface area (Å²) >= 11 is 0. The van der Waals surface area contributed by atoms with Gasteiger partial charge in [-0.1, -0.05) is 30.3 Å². The molecule has 0 fully saturated rings. The van der Waals surface area contributed by atoms with Gasteiger partial charge in [-0.05, 0) is 29.3 Å². The summed E-state index contributed by atoms with van der Waals surface area (Å²) in [5.41, 5.74) is 9.25. The monoisotopic (exact) mass is 252 g/mol. The first-order valence-corrected chi connectivity index (χ1v) is 6.34. The molecule has 1 heterocycles. The number of phenols is 1. The molecule has 0 radical (unpaired) electrons. The van der Waals surface area contributed by atoms with Crippen molar-refractivity contribution >= 4 is 10.9 Å². The minimum Gasteiger partial charge on any atom is -0.508 e. The van der Waals surface area contributed by atoms with Crippen LogP contribution in [0.5, 0.6) is 5.75 Å². The Morgan fingerprint density at radius 3 is 2.74 bits per heavy atom. The molecular formula is C16H16N2O. The molecule has 0 saturated heterocycles. The van der Waals surface area contributed by atoms with Gasteiger partial charge in [0, 0.05) is 29.6 Å². The van der Waals surface area contributed by atoms with E-state index in [9.17, 15) is 5.11 Å². The molecule has 3 aromatic rings. The van der Waals surface area contributed by atoms with Gasteiger partial charge >= 0.3 is 0 Å². The molecule has 4 N–H and O–H groups in total. The molecular weight excluding hydrogens is 236 g/mol. The van der Waals surface area contributed by atoms with E-state index in [4.69, 9.17) is 5.73 Å². The molecule has 0 aliphatic heterocycles. The summed E-state index contributed by atoms with van der Waals surface area (Å²) in [6.07, 6.45) is 2.01. The Morgan fingerprint density at radius 2 is 1.95 bits per heavy atom. The molecule has 0 spiro atoms. The van der Waals surface area contributed by atoms with Crippen LogP contribution in [0.15, 0.2) is 54.7 Å². The van der Waals surface area contributed by atoms with E-state index in [1.165, 1.54) is 10.9 Å². The van der Waals surface area contributed by atoms with Crippen LogP contribution in [-0.4, -0.2) is 16.6 Å². The van der Waals surface area contributed by atoms with Gasteiger partial charge in [0.1, 0.15) is 5.75 Å². The smallest absolute Gasteiger partial charge is 0.115 e. The Balaban J connectivity index is 2.12. The van der Waals surface area contributed by atoms with Crippen molar-refractivity contribution in [3.8, 4) is 5.75 Å². The highest BCUT2D eigenvalue weighted by atomic mass is 16.3. The zero-order chi connectivity index (χ0) is 13.2.